The number of rotatable bonds is 6. The molecule has 1 N–H and O–H groups in total. The quantitative estimate of drug-likeness (QED) is 0.565. The summed E-state index contributed by atoms with van der Waals surface area (Å²) in [5.74, 6) is 1.24. The highest BCUT2D eigenvalue weighted by Gasteiger charge is 2.12. The van der Waals surface area contributed by atoms with Crippen LogP contribution in [-0.2, 0) is 17.8 Å². The molecule has 27 heavy (non-hydrogen) atoms. The van der Waals surface area contributed by atoms with Crippen molar-refractivity contribution in [2.45, 2.75) is 13.0 Å². The third kappa shape index (κ3) is 3.50. The Morgan fingerprint density at radius 3 is 3.04 bits per heavy atom. The van der Waals surface area contributed by atoms with E-state index in [1.54, 1.807) is 36.6 Å². The third-order valence-corrected chi connectivity index (χ3v) is 4.19. The van der Waals surface area contributed by atoms with Gasteiger partial charge in [-0.25, -0.2) is 14.6 Å². The monoisotopic (exact) mass is 363 g/mol. The predicted molar refractivity (Wildman–Crippen MR) is 97.5 cm³/mol. The van der Waals surface area contributed by atoms with Gasteiger partial charge in [0.15, 0.2) is 5.82 Å². The Labute approximate surface area is 154 Å². The normalized spacial score (nSPS) is 10.9. The van der Waals surface area contributed by atoms with E-state index in [1.807, 2.05) is 24.3 Å². The number of pyridine rings is 1. The van der Waals surface area contributed by atoms with Crippen LogP contribution in [0.2, 0.25) is 0 Å². The molecule has 136 valence electrons. The molecule has 0 aliphatic carbocycles. The summed E-state index contributed by atoms with van der Waals surface area (Å²) in [6, 6.07) is 9.25. The molecule has 0 unspecified atom stereocenters. The predicted octanol–water partition coefficient (Wildman–Crippen LogP) is 2.28. The molecule has 8 heteroatoms. The molecule has 1 aromatic carbocycles. The number of benzene rings is 1. The molecule has 4 aromatic rings. The van der Waals surface area contributed by atoms with Gasteiger partial charge in [0, 0.05) is 35.3 Å². The van der Waals surface area contributed by atoms with Gasteiger partial charge in [-0.05, 0) is 18.2 Å². The minimum absolute atomic E-state index is 0.109. The minimum Gasteiger partial charge on any atom is -0.497 e. The third-order valence-electron chi connectivity index (χ3n) is 4.19. The molecule has 0 bridgehead atoms. The van der Waals surface area contributed by atoms with Gasteiger partial charge >= 0.3 is 0 Å². The van der Waals surface area contributed by atoms with Gasteiger partial charge in [-0.2, -0.15) is 5.10 Å². The highest BCUT2D eigenvalue weighted by molar-refractivity contribution is 5.88. The van der Waals surface area contributed by atoms with Crippen LogP contribution in [0.5, 0.6) is 5.75 Å². The van der Waals surface area contributed by atoms with E-state index in [2.05, 4.69) is 20.4 Å². The first-order valence-corrected chi connectivity index (χ1v) is 8.34. The maximum Gasteiger partial charge on any atom is 0.224 e. The number of hydrogen-bond donors (Lipinski definition) is 1. The van der Waals surface area contributed by atoms with Gasteiger partial charge in [-0.1, -0.05) is 6.07 Å². The van der Waals surface area contributed by atoms with Crippen molar-refractivity contribution in [1.29, 1.82) is 0 Å². The number of methoxy groups -OCH3 is 1. The van der Waals surface area contributed by atoms with Crippen molar-refractivity contribution in [1.82, 2.24) is 25.1 Å². The highest BCUT2D eigenvalue weighted by Crippen LogP contribution is 2.25. The van der Waals surface area contributed by atoms with E-state index in [0.717, 1.165) is 16.5 Å². The smallest absolute Gasteiger partial charge is 0.224 e. The van der Waals surface area contributed by atoms with Crippen molar-refractivity contribution < 1.29 is 13.9 Å². The van der Waals surface area contributed by atoms with Gasteiger partial charge in [0.1, 0.15) is 24.0 Å². The minimum atomic E-state index is -0.109. The van der Waals surface area contributed by atoms with E-state index in [-0.39, 0.29) is 12.3 Å². The van der Waals surface area contributed by atoms with Crippen molar-refractivity contribution in [3.05, 3.63) is 66.6 Å². The average molecular weight is 363 g/mol. The van der Waals surface area contributed by atoms with E-state index < -0.39 is 0 Å². The summed E-state index contributed by atoms with van der Waals surface area (Å²) < 4.78 is 12.3. The van der Waals surface area contributed by atoms with Gasteiger partial charge in [-0.3, -0.25) is 4.79 Å². The lowest BCUT2D eigenvalue weighted by atomic mass is 10.1. The van der Waals surface area contributed by atoms with Gasteiger partial charge in [0.2, 0.25) is 5.91 Å². The molecule has 0 spiro atoms. The summed E-state index contributed by atoms with van der Waals surface area (Å²) in [6.07, 6.45) is 6.51. The average Bonchev–Trinajstić information content (AvgIpc) is 3.36. The zero-order valence-corrected chi connectivity index (χ0v) is 14.6. The number of furan rings is 1. The van der Waals surface area contributed by atoms with E-state index in [4.69, 9.17) is 9.15 Å². The van der Waals surface area contributed by atoms with Crippen LogP contribution in [0.1, 0.15) is 11.1 Å². The molecule has 0 aliphatic rings. The Kier molecular flexibility index (Phi) is 4.52. The topological polar surface area (TPSA) is 95.1 Å². The first-order valence-electron chi connectivity index (χ1n) is 8.34. The second kappa shape index (κ2) is 7.28. The molecule has 3 heterocycles. The van der Waals surface area contributed by atoms with Crippen LogP contribution in [-0.4, -0.2) is 32.8 Å². The fourth-order valence-electron chi connectivity index (χ4n) is 2.85. The SMILES string of the molecule is COc1ccc2c(CC(=O)NCc3cccnc3-n3cncn3)coc2c1. The Hall–Kier alpha value is -3.68. The van der Waals surface area contributed by atoms with Gasteiger partial charge < -0.3 is 14.5 Å². The van der Waals surface area contributed by atoms with Crippen molar-refractivity contribution in [3.63, 3.8) is 0 Å². The molecule has 0 saturated carbocycles. The number of aromatic nitrogens is 4. The lowest BCUT2D eigenvalue weighted by Gasteiger charge is -2.09. The fourth-order valence-corrected chi connectivity index (χ4v) is 2.85. The molecular weight excluding hydrogens is 346 g/mol. The molecular formula is C19H17N5O3. The fraction of sp³-hybridized carbons (Fsp3) is 0.158. The van der Waals surface area contributed by atoms with Crippen LogP contribution in [0, 0.1) is 0 Å². The number of fused-ring (bicyclic) bond motifs is 1. The van der Waals surface area contributed by atoms with E-state index >= 15 is 0 Å². The highest BCUT2D eigenvalue weighted by atomic mass is 16.5. The second-order valence-electron chi connectivity index (χ2n) is 5.90. The Morgan fingerprint density at radius 2 is 2.22 bits per heavy atom. The summed E-state index contributed by atoms with van der Waals surface area (Å²) in [5, 5.41) is 7.91. The maximum absolute atomic E-state index is 12.4. The first-order chi connectivity index (χ1) is 13.2. The molecule has 3 aromatic heterocycles. The first kappa shape index (κ1) is 16.8. The maximum atomic E-state index is 12.4. The molecule has 4 rings (SSSR count). The molecule has 0 aliphatic heterocycles. The van der Waals surface area contributed by atoms with Crippen molar-refractivity contribution in [2.75, 3.05) is 7.11 Å². The van der Waals surface area contributed by atoms with Crippen LogP contribution in [0.3, 0.4) is 0 Å². The zero-order valence-electron chi connectivity index (χ0n) is 14.6. The standard InChI is InChI=1S/C19H17N5O3/c1-26-15-4-5-16-14(10-27-17(16)8-15)7-18(25)22-9-13-3-2-6-21-19(13)24-12-20-11-23-24/h2-6,8,10-12H,7,9H2,1H3,(H,22,25). The number of carbonyl (C=O) groups is 1. The zero-order chi connectivity index (χ0) is 18.6. The van der Waals surface area contributed by atoms with Gasteiger partial charge in [0.05, 0.1) is 19.8 Å². The molecule has 8 nitrogen and oxygen atoms in total. The Bertz CT molecular complexity index is 1070. The molecule has 0 radical (unpaired) electrons. The molecule has 0 fully saturated rings. The number of carbonyl (C=O) groups excluding carboxylic acids is 1. The Balaban J connectivity index is 1.45. The van der Waals surface area contributed by atoms with Crippen LogP contribution in [0.4, 0.5) is 0 Å². The number of hydrogen-bond acceptors (Lipinski definition) is 6. The summed E-state index contributed by atoms with van der Waals surface area (Å²) in [6.45, 7) is 0.339. The number of nitrogens with one attached hydrogen (secondary N) is 1. The molecule has 0 saturated heterocycles. The number of amides is 1. The Morgan fingerprint density at radius 1 is 1.30 bits per heavy atom. The van der Waals surface area contributed by atoms with Crippen LogP contribution >= 0.6 is 0 Å². The largest absolute Gasteiger partial charge is 0.497 e. The number of nitrogens with zero attached hydrogens (tertiary/aromatic N) is 4. The second-order valence-corrected chi connectivity index (χ2v) is 5.90. The van der Waals surface area contributed by atoms with Gasteiger partial charge in [0.25, 0.3) is 0 Å². The summed E-state index contributed by atoms with van der Waals surface area (Å²) in [4.78, 5) is 20.7. The summed E-state index contributed by atoms with van der Waals surface area (Å²) in [7, 11) is 1.60. The molecule has 1 amide bonds. The summed E-state index contributed by atoms with van der Waals surface area (Å²) >= 11 is 0. The molecule has 0 atom stereocenters. The lowest BCUT2D eigenvalue weighted by Crippen LogP contribution is -2.25. The van der Waals surface area contributed by atoms with E-state index in [0.29, 0.717) is 23.7 Å². The van der Waals surface area contributed by atoms with Crippen molar-refractivity contribution >= 4 is 16.9 Å². The van der Waals surface area contributed by atoms with Crippen molar-refractivity contribution in [3.8, 4) is 11.6 Å². The van der Waals surface area contributed by atoms with Gasteiger partial charge in [-0.15, -0.1) is 0 Å². The lowest BCUT2D eigenvalue weighted by molar-refractivity contribution is -0.120. The van der Waals surface area contributed by atoms with Crippen LogP contribution in [0.25, 0.3) is 16.8 Å². The summed E-state index contributed by atoms with van der Waals surface area (Å²) in [5.41, 5.74) is 2.36. The van der Waals surface area contributed by atoms with E-state index in [1.165, 1.54) is 6.33 Å². The van der Waals surface area contributed by atoms with Crippen molar-refractivity contribution in [2.24, 2.45) is 0 Å². The van der Waals surface area contributed by atoms with Crippen LogP contribution < -0.4 is 10.1 Å². The van der Waals surface area contributed by atoms with Crippen LogP contribution in [0.15, 0.2) is 59.9 Å². The van der Waals surface area contributed by atoms with E-state index in [9.17, 15) is 4.79 Å². The number of ether oxygens (including phenoxy) is 1.